The second-order valence-electron chi connectivity index (χ2n) is 6.44. The van der Waals surface area contributed by atoms with Crippen molar-refractivity contribution < 1.29 is 4.79 Å². The van der Waals surface area contributed by atoms with Gasteiger partial charge in [-0.1, -0.05) is 29.5 Å². The van der Waals surface area contributed by atoms with Crippen LogP contribution in [0.15, 0.2) is 60.1 Å². The molecule has 0 radical (unpaired) electrons. The highest BCUT2D eigenvalue weighted by atomic mass is 32.1. The van der Waals surface area contributed by atoms with Crippen molar-refractivity contribution in [3.05, 3.63) is 81.8 Å². The van der Waals surface area contributed by atoms with Gasteiger partial charge in [-0.25, -0.2) is 4.98 Å². The number of rotatable bonds is 5. The van der Waals surface area contributed by atoms with Gasteiger partial charge >= 0.3 is 0 Å². The van der Waals surface area contributed by atoms with Gasteiger partial charge in [-0.15, -0.1) is 11.3 Å². The van der Waals surface area contributed by atoms with E-state index in [-0.39, 0.29) is 5.91 Å². The third kappa shape index (κ3) is 3.88. The van der Waals surface area contributed by atoms with Crippen LogP contribution in [-0.2, 0) is 11.3 Å². The third-order valence-corrected chi connectivity index (χ3v) is 6.43. The summed E-state index contributed by atoms with van der Waals surface area (Å²) >= 11 is 3.13. The Hall–Kier alpha value is -2.83. The standard InChI is InChI=1S/C22H19N3OS2/c1-15-8-10-19-21(16(15)2)24-22(28-19)25(14-17-6-3-4-12-23-17)20(26)11-9-18-7-5-13-27-18/h3-13H,14H2,1-2H3/b11-9+. The van der Waals surface area contributed by atoms with E-state index in [0.29, 0.717) is 11.7 Å². The summed E-state index contributed by atoms with van der Waals surface area (Å²) in [6.07, 6.45) is 5.20. The van der Waals surface area contributed by atoms with E-state index in [1.807, 2.05) is 41.8 Å². The summed E-state index contributed by atoms with van der Waals surface area (Å²) in [7, 11) is 0. The van der Waals surface area contributed by atoms with Crippen LogP contribution in [0.2, 0.25) is 0 Å². The Morgan fingerprint density at radius 2 is 2.04 bits per heavy atom. The summed E-state index contributed by atoms with van der Waals surface area (Å²) in [6.45, 7) is 4.53. The molecule has 1 aromatic carbocycles. The summed E-state index contributed by atoms with van der Waals surface area (Å²) in [6, 6.07) is 13.9. The molecule has 3 aromatic heterocycles. The fourth-order valence-corrected chi connectivity index (χ4v) is 4.50. The molecule has 0 saturated carbocycles. The van der Waals surface area contributed by atoms with Crippen LogP contribution in [0.4, 0.5) is 5.13 Å². The first-order valence-corrected chi connectivity index (χ1v) is 10.6. The van der Waals surface area contributed by atoms with Crippen LogP contribution < -0.4 is 4.90 Å². The van der Waals surface area contributed by atoms with Crippen LogP contribution in [0.25, 0.3) is 16.3 Å². The fourth-order valence-electron chi connectivity index (χ4n) is 2.85. The van der Waals surface area contributed by atoms with Gasteiger partial charge in [0.05, 0.1) is 22.5 Å². The topological polar surface area (TPSA) is 46.1 Å². The minimum Gasteiger partial charge on any atom is -0.278 e. The molecular weight excluding hydrogens is 386 g/mol. The fraction of sp³-hybridized carbons (Fsp3) is 0.136. The average molecular weight is 406 g/mol. The summed E-state index contributed by atoms with van der Waals surface area (Å²) in [5.41, 5.74) is 4.14. The van der Waals surface area contributed by atoms with E-state index < -0.39 is 0 Å². The number of carbonyl (C=O) groups is 1. The smallest absolute Gasteiger partial charge is 0.253 e. The Bertz CT molecular complexity index is 1130. The number of fused-ring (bicyclic) bond motifs is 1. The van der Waals surface area contributed by atoms with Gasteiger partial charge in [-0.05, 0) is 60.7 Å². The number of hydrogen-bond donors (Lipinski definition) is 0. The molecule has 4 rings (SSSR count). The van der Waals surface area contributed by atoms with Crippen LogP contribution in [0.1, 0.15) is 21.7 Å². The minimum atomic E-state index is -0.104. The van der Waals surface area contributed by atoms with Crippen LogP contribution in [0, 0.1) is 13.8 Å². The normalized spacial score (nSPS) is 11.4. The van der Waals surface area contributed by atoms with E-state index in [1.54, 1.807) is 28.5 Å². The molecule has 3 heterocycles. The van der Waals surface area contributed by atoms with Crippen LogP contribution >= 0.6 is 22.7 Å². The predicted octanol–water partition coefficient (Wildman–Crippen LogP) is 5.62. The zero-order chi connectivity index (χ0) is 19.5. The molecule has 4 aromatic rings. The van der Waals surface area contributed by atoms with Crippen molar-refractivity contribution in [1.29, 1.82) is 0 Å². The highest BCUT2D eigenvalue weighted by molar-refractivity contribution is 7.22. The summed E-state index contributed by atoms with van der Waals surface area (Å²) in [4.78, 5) is 25.0. The van der Waals surface area contributed by atoms with E-state index in [4.69, 9.17) is 4.98 Å². The number of carbonyl (C=O) groups excluding carboxylic acids is 1. The monoisotopic (exact) mass is 405 g/mol. The molecule has 0 aliphatic rings. The van der Waals surface area contributed by atoms with Crippen molar-refractivity contribution in [3.63, 3.8) is 0 Å². The molecule has 0 bridgehead atoms. The number of pyridine rings is 1. The van der Waals surface area contributed by atoms with Crippen LogP contribution in [0.5, 0.6) is 0 Å². The van der Waals surface area contributed by atoms with Gasteiger partial charge in [0, 0.05) is 17.2 Å². The lowest BCUT2D eigenvalue weighted by atomic mass is 10.1. The number of anilines is 1. The Balaban J connectivity index is 1.72. The number of benzene rings is 1. The number of thiophene rings is 1. The van der Waals surface area contributed by atoms with E-state index in [1.165, 1.54) is 16.9 Å². The molecule has 0 N–H and O–H groups in total. The van der Waals surface area contributed by atoms with E-state index in [2.05, 4.69) is 31.0 Å². The molecule has 0 fully saturated rings. The number of aryl methyl sites for hydroxylation is 2. The van der Waals surface area contributed by atoms with E-state index in [9.17, 15) is 4.79 Å². The number of amides is 1. The summed E-state index contributed by atoms with van der Waals surface area (Å²) in [5, 5.41) is 2.68. The molecule has 0 unspecified atom stereocenters. The largest absolute Gasteiger partial charge is 0.278 e. The summed E-state index contributed by atoms with van der Waals surface area (Å²) < 4.78 is 1.08. The van der Waals surface area contributed by atoms with Crippen molar-refractivity contribution in [1.82, 2.24) is 9.97 Å². The molecule has 4 nitrogen and oxygen atoms in total. The average Bonchev–Trinajstić information content (AvgIpc) is 3.38. The Morgan fingerprint density at radius 3 is 2.79 bits per heavy atom. The lowest BCUT2D eigenvalue weighted by Crippen LogP contribution is -2.29. The van der Waals surface area contributed by atoms with Crippen molar-refractivity contribution >= 4 is 50.0 Å². The van der Waals surface area contributed by atoms with Crippen LogP contribution in [-0.4, -0.2) is 15.9 Å². The Labute approximate surface area is 171 Å². The number of nitrogens with zero attached hydrogens (tertiary/aromatic N) is 3. The highest BCUT2D eigenvalue weighted by Gasteiger charge is 2.20. The molecule has 28 heavy (non-hydrogen) atoms. The molecule has 0 spiro atoms. The minimum absolute atomic E-state index is 0.104. The molecule has 6 heteroatoms. The first-order chi connectivity index (χ1) is 13.6. The quantitative estimate of drug-likeness (QED) is 0.405. The second kappa shape index (κ2) is 8.04. The van der Waals surface area contributed by atoms with Gasteiger partial charge < -0.3 is 0 Å². The zero-order valence-electron chi connectivity index (χ0n) is 15.6. The zero-order valence-corrected chi connectivity index (χ0v) is 17.3. The Morgan fingerprint density at radius 1 is 1.14 bits per heavy atom. The van der Waals surface area contributed by atoms with Crippen LogP contribution in [0.3, 0.4) is 0 Å². The maximum atomic E-state index is 13.1. The van der Waals surface area contributed by atoms with Gasteiger partial charge in [-0.2, -0.15) is 0 Å². The van der Waals surface area contributed by atoms with Gasteiger partial charge in [0.25, 0.3) is 5.91 Å². The van der Waals surface area contributed by atoms with Gasteiger partial charge in [0.15, 0.2) is 5.13 Å². The van der Waals surface area contributed by atoms with Crippen molar-refractivity contribution in [2.75, 3.05) is 4.90 Å². The lowest BCUT2D eigenvalue weighted by molar-refractivity contribution is -0.114. The second-order valence-corrected chi connectivity index (χ2v) is 8.43. The molecule has 0 aliphatic heterocycles. The molecule has 0 aliphatic carbocycles. The van der Waals surface area contributed by atoms with Gasteiger partial charge in [-0.3, -0.25) is 14.7 Å². The first-order valence-electron chi connectivity index (χ1n) is 8.91. The van der Waals surface area contributed by atoms with E-state index >= 15 is 0 Å². The maximum Gasteiger partial charge on any atom is 0.253 e. The first kappa shape index (κ1) is 18.5. The van der Waals surface area contributed by atoms with Crippen molar-refractivity contribution in [3.8, 4) is 0 Å². The SMILES string of the molecule is Cc1ccc2sc(N(Cc3ccccn3)C(=O)/C=C/c3cccs3)nc2c1C. The highest BCUT2D eigenvalue weighted by Crippen LogP contribution is 2.32. The molecule has 0 atom stereocenters. The summed E-state index contributed by atoms with van der Waals surface area (Å²) in [5.74, 6) is -0.104. The number of hydrogen-bond acceptors (Lipinski definition) is 5. The third-order valence-electron chi connectivity index (χ3n) is 4.55. The predicted molar refractivity (Wildman–Crippen MR) is 118 cm³/mol. The van der Waals surface area contributed by atoms with Crippen molar-refractivity contribution in [2.24, 2.45) is 0 Å². The van der Waals surface area contributed by atoms with Gasteiger partial charge in [0.1, 0.15) is 0 Å². The molecule has 140 valence electrons. The molecule has 1 amide bonds. The lowest BCUT2D eigenvalue weighted by Gasteiger charge is -2.17. The van der Waals surface area contributed by atoms with Crippen molar-refractivity contribution in [2.45, 2.75) is 20.4 Å². The number of thiazole rings is 1. The molecular formula is C22H19N3OS2. The van der Waals surface area contributed by atoms with E-state index in [0.717, 1.165) is 26.4 Å². The van der Waals surface area contributed by atoms with Gasteiger partial charge in [0.2, 0.25) is 0 Å². The Kier molecular flexibility index (Phi) is 5.32. The number of aromatic nitrogens is 2. The maximum absolute atomic E-state index is 13.1. The molecule has 0 saturated heterocycles.